The highest BCUT2D eigenvalue weighted by Gasteiger charge is 2.53. The number of amides is 2. The molecule has 30 heavy (non-hydrogen) atoms. The summed E-state index contributed by atoms with van der Waals surface area (Å²) in [5.41, 5.74) is 2.32. The number of nitrogens with one attached hydrogen (secondary N) is 1. The zero-order chi connectivity index (χ0) is 20.7. The molecule has 5 rings (SSSR count). The fraction of sp³-hybridized carbons (Fsp3) is 0.292. The van der Waals surface area contributed by atoms with Gasteiger partial charge in [0, 0.05) is 18.2 Å². The van der Waals surface area contributed by atoms with Crippen LogP contribution >= 0.6 is 0 Å². The van der Waals surface area contributed by atoms with E-state index in [0.29, 0.717) is 18.8 Å². The minimum absolute atomic E-state index is 0.115. The van der Waals surface area contributed by atoms with Crippen molar-refractivity contribution in [1.82, 2.24) is 20.0 Å². The Morgan fingerprint density at radius 3 is 2.43 bits per heavy atom. The first-order valence-corrected chi connectivity index (χ1v) is 10.4. The lowest BCUT2D eigenvalue weighted by Gasteiger charge is -2.43. The van der Waals surface area contributed by atoms with Gasteiger partial charge < -0.3 is 10.2 Å². The molecule has 6 heteroatoms. The van der Waals surface area contributed by atoms with Crippen molar-refractivity contribution in [3.05, 3.63) is 78.0 Å². The fourth-order valence-corrected chi connectivity index (χ4v) is 4.23. The van der Waals surface area contributed by atoms with Crippen molar-refractivity contribution in [2.24, 2.45) is 0 Å². The summed E-state index contributed by atoms with van der Waals surface area (Å²) in [4.78, 5) is 28.5. The van der Waals surface area contributed by atoms with E-state index in [9.17, 15) is 9.59 Å². The molecule has 1 aliphatic heterocycles. The highest BCUT2D eigenvalue weighted by Crippen LogP contribution is 2.38. The normalized spacial score (nSPS) is 20.7. The van der Waals surface area contributed by atoms with Crippen LogP contribution in [0.4, 0.5) is 0 Å². The molecule has 1 N–H and O–H groups in total. The van der Waals surface area contributed by atoms with Crippen LogP contribution in [-0.4, -0.2) is 38.1 Å². The maximum Gasteiger partial charge on any atom is 0.273 e. The van der Waals surface area contributed by atoms with Crippen molar-refractivity contribution in [2.75, 3.05) is 0 Å². The van der Waals surface area contributed by atoms with E-state index >= 15 is 0 Å². The van der Waals surface area contributed by atoms with Gasteiger partial charge in [0.2, 0.25) is 5.91 Å². The van der Waals surface area contributed by atoms with Gasteiger partial charge in [-0.05, 0) is 31.4 Å². The number of carbonyl (C=O) groups is 2. The van der Waals surface area contributed by atoms with Gasteiger partial charge in [-0.1, -0.05) is 60.7 Å². The van der Waals surface area contributed by atoms with E-state index in [4.69, 9.17) is 0 Å². The maximum absolute atomic E-state index is 13.4. The van der Waals surface area contributed by atoms with Gasteiger partial charge in [0.1, 0.15) is 11.2 Å². The number of aromatic nitrogens is 2. The molecule has 0 radical (unpaired) electrons. The van der Waals surface area contributed by atoms with Crippen LogP contribution in [0.2, 0.25) is 0 Å². The van der Waals surface area contributed by atoms with E-state index in [0.717, 1.165) is 29.7 Å². The topological polar surface area (TPSA) is 67.2 Å². The van der Waals surface area contributed by atoms with Crippen LogP contribution in [0.1, 0.15) is 35.8 Å². The molecule has 1 saturated carbocycles. The van der Waals surface area contributed by atoms with Gasteiger partial charge in [-0.3, -0.25) is 14.3 Å². The molecule has 1 aliphatic carbocycles. The Balaban J connectivity index is 1.46. The zero-order valence-electron chi connectivity index (χ0n) is 16.9. The van der Waals surface area contributed by atoms with Crippen molar-refractivity contribution in [1.29, 1.82) is 0 Å². The van der Waals surface area contributed by atoms with Gasteiger partial charge >= 0.3 is 0 Å². The molecule has 152 valence electrons. The van der Waals surface area contributed by atoms with Gasteiger partial charge in [-0.25, -0.2) is 0 Å². The standard InChI is InChI=1S/C24H24N4O2/c1-24(23(30)25-15-17-8-4-2-5-9-17)16-27-21(22(29)28(24)19-12-13-19)14-20(26-27)18-10-6-3-7-11-18/h2-11,14,19H,12-13,15-16H2,1H3,(H,25,30)/t24-/m0/s1. The van der Waals surface area contributed by atoms with Gasteiger partial charge in [0.25, 0.3) is 5.91 Å². The van der Waals surface area contributed by atoms with Crippen molar-refractivity contribution < 1.29 is 9.59 Å². The van der Waals surface area contributed by atoms with Crippen LogP contribution in [0.5, 0.6) is 0 Å². The van der Waals surface area contributed by atoms with Gasteiger partial charge in [0.05, 0.1) is 12.2 Å². The smallest absolute Gasteiger partial charge is 0.273 e. The second-order valence-corrected chi connectivity index (χ2v) is 8.29. The molecular weight excluding hydrogens is 376 g/mol. The van der Waals surface area contributed by atoms with Crippen molar-refractivity contribution in [2.45, 2.75) is 44.4 Å². The summed E-state index contributed by atoms with van der Waals surface area (Å²) in [6, 6.07) is 21.6. The first-order valence-electron chi connectivity index (χ1n) is 10.4. The number of nitrogens with zero attached hydrogens (tertiary/aromatic N) is 3. The molecular formula is C24H24N4O2. The first-order chi connectivity index (χ1) is 14.6. The third-order valence-corrected chi connectivity index (χ3v) is 5.97. The van der Waals surface area contributed by atoms with Crippen LogP contribution in [0.25, 0.3) is 11.3 Å². The second-order valence-electron chi connectivity index (χ2n) is 8.29. The van der Waals surface area contributed by atoms with Crippen molar-refractivity contribution in [3.63, 3.8) is 0 Å². The minimum atomic E-state index is -0.972. The molecule has 0 saturated heterocycles. The minimum Gasteiger partial charge on any atom is -0.350 e. The monoisotopic (exact) mass is 400 g/mol. The fourth-order valence-electron chi connectivity index (χ4n) is 4.23. The average molecular weight is 400 g/mol. The van der Waals surface area contributed by atoms with Crippen LogP contribution in [0.15, 0.2) is 66.7 Å². The summed E-state index contributed by atoms with van der Waals surface area (Å²) < 4.78 is 1.70. The highest BCUT2D eigenvalue weighted by atomic mass is 16.2. The average Bonchev–Trinajstić information content (AvgIpc) is 3.51. The van der Waals surface area contributed by atoms with Crippen LogP contribution in [-0.2, 0) is 17.9 Å². The van der Waals surface area contributed by atoms with Crippen molar-refractivity contribution in [3.8, 4) is 11.3 Å². The number of hydrogen-bond donors (Lipinski definition) is 1. The molecule has 0 spiro atoms. The molecule has 2 heterocycles. The molecule has 1 aromatic heterocycles. The molecule has 1 atom stereocenters. The Kier molecular flexibility index (Phi) is 4.42. The predicted molar refractivity (Wildman–Crippen MR) is 114 cm³/mol. The van der Waals surface area contributed by atoms with Crippen LogP contribution in [0, 0.1) is 0 Å². The summed E-state index contributed by atoms with van der Waals surface area (Å²) >= 11 is 0. The first kappa shape index (κ1) is 18.6. The molecule has 0 bridgehead atoms. The number of fused-ring (bicyclic) bond motifs is 1. The molecule has 0 unspecified atom stereocenters. The molecule has 1 fully saturated rings. The summed E-state index contributed by atoms with van der Waals surface area (Å²) in [5.74, 6) is -0.259. The van der Waals surface area contributed by atoms with E-state index < -0.39 is 5.54 Å². The van der Waals surface area contributed by atoms with Gasteiger partial charge in [0.15, 0.2) is 0 Å². The molecule has 3 aromatic rings. The lowest BCUT2D eigenvalue weighted by Crippen LogP contribution is -2.64. The number of carbonyl (C=O) groups excluding carboxylic acids is 2. The Morgan fingerprint density at radius 2 is 1.77 bits per heavy atom. The maximum atomic E-state index is 13.4. The quantitative estimate of drug-likeness (QED) is 0.715. The van der Waals surface area contributed by atoms with Crippen LogP contribution in [0.3, 0.4) is 0 Å². The van der Waals surface area contributed by atoms with Gasteiger partial charge in [-0.2, -0.15) is 5.10 Å². The Labute approximate surface area is 175 Å². The summed E-state index contributed by atoms with van der Waals surface area (Å²) in [5, 5.41) is 7.71. The summed E-state index contributed by atoms with van der Waals surface area (Å²) in [7, 11) is 0. The van der Waals surface area contributed by atoms with Gasteiger partial charge in [-0.15, -0.1) is 0 Å². The Hall–Kier alpha value is -3.41. The van der Waals surface area contributed by atoms with Crippen LogP contribution < -0.4 is 5.32 Å². The number of rotatable bonds is 5. The predicted octanol–water partition coefficient (Wildman–Crippen LogP) is 3.24. The van der Waals surface area contributed by atoms with E-state index in [1.54, 1.807) is 9.58 Å². The van der Waals surface area contributed by atoms with E-state index in [-0.39, 0.29) is 17.9 Å². The van der Waals surface area contributed by atoms with E-state index in [1.807, 2.05) is 73.7 Å². The Bertz CT molecular complexity index is 1090. The SMILES string of the molecule is C[C@@]1(C(=O)NCc2ccccc2)Cn2nc(-c3ccccc3)cc2C(=O)N1C1CC1. The molecule has 2 aromatic carbocycles. The third kappa shape index (κ3) is 3.18. The summed E-state index contributed by atoms with van der Waals surface area (Å²) in [6.07, 6.45) is 1.87. The van der Waals surface area contributed by atoms with E-state index in [2.05, 4.69) is 10.4 Å². The third-order valence-electron chi connectivity index (χ3n) is 5.97. The van der Waals surface area contributed by atoms with Crippen molar-refractivity contribution >= 4 is 11.8 Å². The molecule has 2 amide bonds. The number of hydrogen-bond acceptors (Lipinski definition) is 3. The largest absolute Gasteiger partial charge is 0.350 e. The highest BCUT2D eigenvalue weighted by molar-refractivity contribution is 6.00. The Morgan fingerprint density at radius 1 is 1.10 bits per heavy atom. The lowest BCUT2D eigenvalue weighted by atomic mass is 9.94. The molecule has 2 aliphatic rings. The lowest BCUT2D eigenvalue weighted by molar-refractivity contribution is -0.133. The van der Waals surface area contributed by atoms with E-state index in [1.165, 1.54) is 0 Å². The second kappa shape index (κ2) is 7.13. The summed E-state index contributed by atoms with van der Waals surface area (Å²) in [6.45, 7) is 2.64. The molecule has 6 nitrogen and oxygen atoms in total. The zero-order valence-corrected chi connectivity index (χ0v) is 16.9. The number of benzene rings is 2.